The van der Waals surface area contributed by atoms with Gasteiger partial charge < -0.3 is 25.0 Å². The van der Waals surface area contributed by atoms with Gasteiger partial charge in [0, 0.05) is 46.0 Å². The van der Waals surface area contributed by atoms with E-state index in [1.165, 1.54) is 6.42 Å². The Morgan fingerprint density at radius 3 is 2.74 bits per heavy atom. The van der Waals surface area contributed by atoms with Crippen molar-refractivity contribution in [2.45, 2.75) is 50.5 Å². The quantitative estimate of drug-likeness (QED) is 0.380. The molecular weight excluding hydrogens is 413 g/mol. The van der Waals surface area contributed by atoms with Gasteiger partial charge in [0.15, 0.2) is 5.96 Å². The zero-order chi connectivity index (χ0) is 22.1. The summed E-state index contributed by atoms with van der Waals surface area (Å²) in [5, 5.41) is 6.03. The third-order valence-corrected chi connectivity index (χ3v) is 5.38. The van der Waals surface area contributed by atoms with Crippen LogP contribution in [0.4, 0.5) is 19.1 Å². The summed E-state index contributed by atoms with van der Waals surface area (Å²) < 4.78 is 49.9. The number of aromatic nitrogens is 2. The predicted octanol–water partition coefficient (Wildman–Crippen LogP) is 2.53. The third kappa shape index (κ3) is 7.49. The summed E-state index contributed by atoms with van der Waals surface area (Å²) in [5.74, 6) is 0.715. The minimum Gasteiger partial charge on any atom is -0.376 e. The van der Waals surface area contributed by atoms with Crippen LogP contribution in [0.3, 0.4) is 0 Å². The van der Waals surface area contributed by atoms with Crippen LogP contribution in [-0.2, 0) is 15.7 Å². The van der Waals surface area contributed by atoms with E-state index in [9.17, 15) is 13.2 Å². The number of guanidine groups is 1. The van der Waals surface area contributed by atoms with Gasteiger partial charge >= 0.3 is 6.18 Å². The van der Waals surface area contributed by atoms with Crippen molar-refractivity contribution in [3.8, 4) is 0 Å². The Hall–Kier alpha value is -2.14. The predicted molar refractivity (Wildman–Crippen MR) is 111 cm³/mol. The normalized spacial score (nSPS) is 21.2. The Morgan fingerprint density at radius 1 is 1.26 bits per heavy atom. The van der Waals surface area contributed by atoms with Gasteiger partial charge in [-0.1, -0.05) is 0 Å². The maximum absolute atomic E-state index is 12.7. The second kappa shape index (κ2) is 11.5. The van der Waals surface area contributed by atoms with Crippen LogP contribution in [0.5, 0.6) is 0 Å². The molecule has 0 bridgehead atoms. The number of nitrogens with one attached hydrogen (secondary N) is 2. The fourth-order valence-corrected chi connectivity index (χ4v) is 3.70. The molecule has 2 N–H and O–H groups in total. The van der Waals surface area contributed by atoms with Crippen molar-refractivity contribution >= 4 is 11.9 Å². The average molecular weight is 445 g/mol. The number of halogens is 3. The number of ether oxygens (including phenoxy) is 2. The van der Waals surface area contributed by atoms with E-state index in [0.717, 1.165) is 63.6 Å². The van der Waals surface area contributed by atoms with E-state index in [1.54, 1.807) is 7.05 Å². The van der Waals surface area contributed by atoms with Gasteiger partial charge in [-0.3, -0.25) is 4.99 Å². The molecule has 174 valence electrons. The smallest absolute Gasteiger partial charge is 0.376 e. The Morgan fingerprint density at radius 2 is 2.06 bits per heavy atom. The van der Waals surface area contributed by atoms with Gasteiger partial charge in [0.25, 0.3) is 0 Å². The van der Waals surface area contributed by atoms with Gasteiger partial charge in [0.1, 0.15) is 5.69 Å². The summed E-state index contributed by atoms with van der Waals surface area (Å²) >= 11 is 0. The lowest BCUT2D eigenvalue weighted by Crippen LogP contribution is -2.48. The summed E-state index contributed by atoms with van der Waals surface area (Å²) in [6.45, 7) is 4.01. The lowest BCUT2D eigenvalue weighted by molar-refractivity contribution is -0.141. The molecule has 1 aromatic rings. The summed E-state index contributed by atoms with van der Waals surface area (Å²) in [5.41, 5.74) is -0.964. The van der Waals surface area contributed by atoms with E-state index < -0.39 is 11.9 Å². The van der Waals surface area contributed by atoms with Gasteiger partial charge in [-0.05, 0) is 38.2 Å². The lowest BCUT2D eigenvalue weighted by Gasteiger charge is -2.35. The van der Waals surface area contributed by atoms with E-state index >= 15 is 0 Å². The van der Waals surface area contributed by atoms with Crippen molar-refractivity contribution in [2.24, 2.45) is 4.99 Å². The first kappa shape index (κ1) is 23.5. The molecule has 31 heavy (non-hydrogen) atoms. The molecule has 3 rings (SSSR count). The summed E-state index contributed by atoms with van der Waals surface area (Å²) in [6, 6.07) is 0.848. The fraction of sp³-hybridized carbons (Fsp3) is 0.750. The number of alkyl halides is 3. The molecule has 3 heterocycles. The maximum Gasteiger partial charge on any atom is 0.433 e. The van der Waals surface area contributed by atoms with Gasteiger partial charge in [0.2, 0.25) is 5.95 Å². The molecule has 2 saturated heterocycles. The monoisotopic (exact) mass is 444 g/mol. The molecule has 2 aliphatic rings. The highest BCUT2D eigenvalue weighted by Gasteiger charge is 2.32. The summed E-state index contributed by atoms with van der Waals surface area (Å²) in [7, 11) is 1.72. The molecule has 0 aromatic carbocycles. The number of piperidine rings is 1. The molecule has 0 amide bonds. The van der Waals surface area contributed by atoms with Crippen LogP contribution < -0.4 is 10.6 Å². The van der Waals surface area contributed by atoms with Crippen molar-refractivity contribution in [2.75, 3.05) is 51.8 Å². The fourth-order valence-electron chi connectivity index (χ4n) is 3.70. The van der Waals surface area contributed by atoms with Crippen LogP contribution in [0, 0.1) is 0 Å². The molecule has 1 unspecified atom stereocenters. The molecule has 2 fully saturated rings. The van der Waals surface area contributed by atoms with Crippen molar-refractivity contribution in [1.29, 1.82) is 0 Å². The van der Waals surface area contributed by atoms with Crippen molar-refractivity contribution in [1.82, 2.24) is 20.2 Å². The number of aliphatic imine (C=N–C) groups is 1. The van der Waals surface area contributed by atoms with Gasteiger partial charge in [0.05, 0.1) is 18.8 Å². The van der Waals surface area contributed by atoms with Crippen LogP contribution in [-0.4, -0.2) is 79.5 Å². The molecular formula is C20H31F3N6O2. The van der Waals surface area contributed by atoms with E-state index in [1.807, 2.05) is 0 Å². The molecule has 0 radical (unpaired) electrons. The molecule has 2 aliphatic heterocycles. The highest BCUT2D eigenvalue weighted by atomic mass is 19.4. The molecule has 0 saturated carbocycles. The van der Waals surface area contributed by atoms with Gasteiger partial charge in [-0.25, -0.2) is 9.97 Å². The highest BCUT2D eigenvalue weighted by Crippen LogP contribution is 2.27. The third-order valence-electron chi connectivity index (χ3n) is 5.38. The van der Waals surface area contributed by atoms with E-state index in [-0.39, 0.29) is 18.2 Å². The second-order valence-electron chi connectivity index (χ2n) is 7.67. The number of anilines is 1. The molecule has 0 spiro atoms. The molecule has 11 heteroatoms. The first-order valence-corrected chi connectivity index (χ1v) is 10.8. The van der Waals surface area contributed by atoms with E-state index in [4.69, 9.17) is 9.47 Å². The minimum atomic E-state index is -4.49. The van der Waals surface area contributed by atoms with Crippen molar-refractivity contribution in [3.05, 3.63) is 18.0 Å². The topological polar surface area (TPSA) is 83.9 Å². The van der Waals surface area contributed by atoms with Crippen LogP contribution >= 0.6 is 0 Å². The lowest BCUT2D eigenvalue weighted by atomic mass is 10.1. The number of hydrogen-bond donors (Lipinski definition) is 2. The SMILES string of the molecule is CN=C(NCCNc1nccc(C(F)(F)F)n1)N1CCC(OCC2CCCCO2)CC1. The van der Waals surface area contributed by atoms with Crippen LogP contribution in [0.25, 0.3) is 0 Å². The second-order valence-corrected chi connectivity index (χ2v) is 7.67. The van der Waals surface area contributed by atoms with Crippen LogP contribution in [0.2, 0.25) is 0 Å². The molecule has 8 nitrogen and oxygen atoms in total. The zero-order valence-electron chi connectivity index (χ0n) is 17.8. The van der Waals surface area contributed by atoms with Gasteiger partial charge in [-0.15, -0.1) is 0 Å². The summed E-state index contributed by atoms with van der Waals surface area (Å²) in [4.78, 5) is 13.8. The largest absolute Gasteiger partial charge is 0.433 e. The van der Waals surface area contributed by atoms with E-state index in [0.29, 0.717) is 19.7 Å². The number of rotatable bonds is 7. The van der Waals surface area contributed by atoms with Crippen molar-refractivity contribution < 1.29 is 22.6 Å². The summed E-state index contributed by atoms with van der Waals surface area (Å²) in [6.07, 6.45) is 2.35. The number of likely N-dealkylation sites (tertiary alicyclic amines) is 1. The molecule has 1 aromatic heterocycles. The Balaban J connectivity index is 1.34. The first-order chi connectivity index (χ1) is 15.0. The Kier molecular flexibility index (Phi) is 8.70. The maximum atomic E-state index is 12.7. The number of nitrogens with zero attached hydrogens (tertiary/aromatic N) is 4. The molecule has 0 aliphatic carbocycles. The number of hydrogen-bond acceptors (Lipinski definition) is 6. The van der Waals surface area contributed by atoms with Gasteiger partial charge in [-0.2, -0.15) is 13.2 Å². The molecule has 1 atom stereocenters. The first-order valence-electron chi connectivity index (χ1n) is 10.8. The van der Waals surface area contributed by atoms with Crippen molar-refractivity contribution in [3.63, 3.8) is 0 Å². The minimum absolute atomic E-state index is 0.0495. The standard InChI is InChI=1S/C20H31F3N6O2/c1-24-19(27-10-9-26-18-25-8-5-17(28-18)20(21,22)23)29-11-6-15(7-12-29)31-14-16-4-2-3-13-30-16/h5,8,15-16H,2-4,6-7,9-14H2,1H3,(H,24,27)(H,25,26,28). The Labute approximate surface area is 180 Å². The zero-order valence-corrected chi connectivity index (χ0v) is 17.8. The van der Waals surface area contributed by atoms with Crippen LogP contribution in [0.1, 0.15) is 37.8 Å². The van der Waals surface area contributed by atoms with Crippen LogP contribution in [0.15, 0.2) is 17.3 Å². The highest BCUT2D eigenvalue weighted by molar-refractivity contribution is 5.80. The van der Waals surface area contributed by atoms with E-state index in [2.05, 4.69) is 30.5 Å². The average Bonchev–Trinajstić information content (AvgIpc) is 2.79. The Bertz CT molecular complexity index is 704.